The molecule has 0 aliphatic rings. The van der Waals surface area contributed by atoms with Crippen LogP contribution in [0.4, 0.5) is 0 Å². The van der Waals surface area contributed by atoms with E-state index in [0.717, 1.165) is 19.3 Å². The first-order valence-electron chi connectivity index (χ1n) is 10.7. The van der Waals surface area contributed by atoms with E-state index in [9.17, 15) is 8.42 Å². The minimum Gasteiger partial charge on any atom is -0.329 e. The average molecular weight is 390 g/mol. The molecular formula is C21H43NO3S. The number of unbranched alkanes of at least 4 members (excludes halogenated alkanes) is 11. The van der Waals surface area contributed by atoms with Crippen molar-refractivity contribution in [3.63, 3.8) is 0 Å². The van der Waals surface area contributed by atoms with Gasteiger partial charge in [0.05, 0.1) is 0 Å². The average Bonchev–Trinajstić information content (AvgIpc) is 2.57. The van der Waals surface area contributed by atoms with Crippen molar-refractivity contribution < 1.29 is 13.0 Å². The molecule has 0 rings (SSSR count). The lowest BCUT2D eigenvalue weighted by atomic mass is 9.98. The predicted molar refractivity (Wildman–Crippen MR) is 113 cm³/mol. The summed E-state index contributed by atoms with van der Waals surface area (Å²) in [6.45, 7) is 4.11. The highest BCUT2D eigenvalue weighted by Gasteiger charge is 2.27. The van der Waals surface area contributed by atoms with Gasteiger partial charge in [-0.15, -0.1) is 0 Å². The number of hydrogen-bond donors (Lipinski definition) is 2. The molecule has 0 bridgehead atoms. The fourth-order valence-electron chi connectivity index (χ4n) is 3.37. The molecule has 5 heteroatoms. The summed E-state index contributed by atoms with van der Waals surface area (Å²) in [5.41, 5.74) is 5.47. The van der Waals surface area contributed by atoms with Crippen LogP contribution in [0.2, 0.25) is 0 Å². The lowest BCUT2D eigenvalue weighted by Gasteiger charge is -2.19. The Kier molecular flexibility index (Phi) is 16.5. The number of allylic oxidation sites excluding steroid dienone is 2. The van der Waals surface area contributed by atoms with Gasteiger partial charge in [-0.1, -0.05) is 83.8 Å². The second-order valence-corrected chi connectivity index (χ2v) is 9.27. The summed E-state index contributed by atoms with van der Waals surface area (Å²) in [4.78, 5) is 0. The molecule has 0 heterocycles. The fraction of sp³-hybridized carbons (Fsp3) is 0.905. The van der Waals surface area contributed by atoms with Crippen LogP contribution >= 0.6 is 0 Å². The molecule has 0 saturated heterocycles. The first-order chi connectivity index (χ1) is 12.4. The summed E-state index contributed by atoms with van der Waals surface area (Å²) >= 11 is 0. The Balaban J connectivity index is 3.47. The van der Waals surface area contributed by atoms with E-state index in [1.165, 1.54) is 70.6 Å². The van der Waals surface area contributed by atoms with Gasteiger partial charge in [0.2, 0.25) is 0 Å². The van der Waals surface area contributed by atoms with Crippen LogP contribution in [0.5, 0.6) is 0 Å². The van der Waals surface area contributed by atoms with Crippen molar-refractivity contribution in [2.45, 2.75) is 109 Å². The van der Waals surface area contributed by atoms with Gasteiger partial charge in [-0.3, -0.25) is 4.55 Å². The van der Waals surface area contributed by atoms with E-state index in [2.05, 4.69) is 19.1 Å². The van der Waals surface area contributed by atoms with Gasteiger partial charge in [0, 0.05) is 6.54 Å². The molecule has 3 N–H and O–H groups in total. The van der Waals surface area contributed by atoms with Gasteiger partial charge in [0.15, 0.2) is 0 Å². The van der Waals surface area contributed by atoms with Crippen LogP contribution in [0.25, 0.3) is 0 Å². The van der Waals surface area contributed by atoms with Gasteiger partial charge >= 0.3 is 0 Å². The normalized spacial score (nSPS) is 14.8. The Hall–Kier alpha value is -0.390. The molecule has 4 nitrogen and oxygen atoms in total. The van der Waals surface area contributed by atoms with Crippen LogP contribution in [0.15, 0.2) is 12.2 Å². The maximum absolute atomic E-state index is 11.2. The Morgan fingerprint density at radius 1 is 0.846 bits per heavy atom. The fourth-order valence-corrected chi connectivity index (χ4v) is 4.34. The van der Waals surface area contributed by atoms with E-state index in [1.807, 2.05) is 6.92 Å². The Bertz CT molecular complexity index is 435. The highest BCUT2D eigenvalue weighted by Crippen LogP contribution is 2.19. The zero-order valence-electron chi connectivity index (χ0n) is 17.2. The lowest BCUT2D eigenvalue weighted by molar-refractivity contribution is 0.410. The minimum absolute atomic E-state index is 0.00885. The second kappa shape index (κ2) is 16.8. The van der Waals surface area contributed by atoms with E-state index in [0.29, 0.717) is 0 Å². The second-order valence-electron chi connectivity index (χ2n) is 7.64. The molecule has 0 saturated carbocycles. The van der Waals surface area contributed by atoms with Crippen LogP contribution in [0, 0.1) is 5.92 Å². The minimum atomic E-state index is -4.02. The van der Waals surface area contributed by atoms with Crippen LogP contribution in [0.1, 0.15) is 104 Å². The molecule has 156 valence electrons. The smallest absolute Gasteiger partial charge is 0.269 e. The lowest BCUT2D eigenvalue weighted by Crippen LogP contribution is -2.35. The molecule has 0 aliphatic carbocycles. The third-order valence-corrected chi connectivity index (χ3v) is 6.59. The zero-order chi connectivity index (χ0) is 19.7. The number of rotatable bonds is 18. The van der Waals surface area contributed by atoms with Gasteiger partial charge in [-0.25, -0.2) is 0 Å². The highest BCUT2D eigenvalue weighted by atomic mass is 32.2. The number of nitrogens with two attached hydrogens (primary N) is 1. The van der Waals surface area contributed by atoms with Crippen molar-refractivity contribution in [1.29, 1.82) is 0 Å². The maximum atomic E-state index is 11.2. The molecule has 0 amide bonds. The van der Waals surface area contributed by atoms with Gasteiger partial charge in [-0.2, -0.15) is 8.42 Å². The summed E-state index contributed by atoms with van der Waals surface area (Å²) in [5, 5.41) is -0.820. The van der Waals surface area contributed by atoms with Gasteiger partial charge in [0.25, 0.3) is 10.1 Å². The predicted octanol–water partition coefficient (Wildman–Crippen LogP) is 5.88. The van der Waals surface area contributed by atoms with Crippen molar-refractivity contribution in [2.75, 3.05) is 6.54 Å². The van der Waals surface area contributed by atoms with Gasteiger partial charge in [0.1, 0.15) is 5.25 Å². The molecular weight excluding hydrogens is 346 g/mol. The Labute approximate surface area is 162 Å². The van der Waals surface area contributed by atoms with Crippen LogP contribution in [-0.4, -0.2) is 24.8 Å². The topological polar surface area (TPSA) is 80.4 Å². The molecule has 0 radical (unpaired) electrons. The summed E-state index contributed by atoms with van der Waals surface area (Å²) in [7, 11) is -4.02. The SMILES string of the molecule is CCCCCCCC/C=C\CCCCCCCC(C)C(CN)S(=O)(=O)O. The third-order valence-electron chi connectivity index (χ3n) is 5.17. The van der Waals surface area contributed by atoms with Gasteiger partial charge < -0.3 is 5.73 Å². The van der Waals surface area contributed by atoms with Crippen molar-refractivity contribution in [3.05, 3.63) is 12.2 Å². The quantitative estimate of drug-likeness (QED) is 0.174. The Morgan fingerprint density at radius 2 is 1.31 bits per heavy atom. The van der Waals surface area contributed by atoms with Crippen molar-refractivity contribution >= 4 is 10.1 Å². The monoisotopic (exact) mass is 389 g/mol. The van der Waals surface area contributed by atoms with Crippen molar-refractivity contribution in [2.24, 2.45) is 11.7 Å². The molecule has 0 aromatic carbocycles. The highest BCUT2D eigenvalue weighted by molar-refractivity contribution is 7.86. The van der Waals surface area contributed by atoms with E-state index in [1.54, 1.807) is 0 Å². The molecule has 0 aromatic heterocycles. The molecule has 0 aliphatic heterocycles. The van der Waals surface area contributed by atoms with Crippen molar-refractivity contribution in [3.8, 4) is 0 Å². The van der Waals surface area contributed by atoms with E-state index in [-0.39, 0.29) is 12.5 Å². The summed E-state index contributed by atoms with van der Waals surface area (Å²) < 4.78 is 31.6. The van der Waals surface area contributed by atoms with Crippen LogP contribution in [-0.2, 0) is 10.1 Å². The Morgan fingerprint density at radius 3 is 1.77 bits per heavy atom. The molecule has 2 unspecified atom stereocenters. The standard InChI is InChI=1S/C21H43NO3S/c1-3-4-5-6-7-8-9-10-11-12-13-14-15-16-17-18-20(2)21(19-22)26(23,24)25/h10-11,20-21H,3-9,12-19,22H2,1-2H3,(H,23,24,25)/b11-10-. The van der Waals surface area contributed by atoms with Crippen LogP contribution in [0.3, 0.4) is 0 Å². The largest absolute Gasteiger partial charge is 0.329 e. The van der Waals surface area contributed by atoms with E-state index >= 15 is 0 Å². The zero-order valence-corrected chi connectivity index (χ0v) is 18.0. The van der Waals surface area contributed by atoms with Crippen LogP contribution < -0.4 is 5.73 Å². The van der Waals surface area contributed by atoms with E-state index < -0.39 is 15.4 Å². The van der Waals surface area contributed by atoms with E-state index in [4.69, 9.17) is 10.3 Å². The summed E-state index contributed by atoms with van der Waals surface area (Å²) in [6.07, 6.45) is 21.8. The molecule has 0 spiro atoms. The maximum Gasteiger partial charge on any atom is 0.269 e. The molecule has 2 atom stereocenters. The molecule has 0 aromatic rings. The summed E-state index contributed by atoms with van der Waals surface area (Å²) in [6, 6.07) is 0. The number of hydrogen-bond acceptors (Lipinski definition) is 3. The van der Waals surface area contributed by atoms with Gasteiger partial charge in [-0.05, 0) is 38.0 Å². The molecule has 0 fully saturated rings. The van der Waals surface area contributed by atoms with Crippen molar-refractivity contribution in [1.82, 2.24) is 0 Å². The molecule has 26 heavy (non-hydrogen) atoms. The summed E-state index contributed by atoms with van der Waals surface area (Å²) in [5.74, 6) is -0.0834. The third kappa shape index (κ3) is 14.7. The first-order valence-corrected chi connectivity index (χ1v) is 12.2. The first kappa shape index (κ1) is 25.6.